The van der Waals surface area contributed by atoms with E-state index in [9.17, 15) is 18.0 Å². The molecule has 0 amide bonds. The van der Waals surface area contributed by atoms with E-state index in [-0.39, 0.29) is 22.1 Å². The summed E-state index contributed by atoms with van der Waals surface area (Å²) in [4.78, 5) is 23.3. The van der Waals surface area contributed by atoms with Crippen molar-refractivity contribution >= 4 is 33.3 Å². The molecule has 1 unspecified atom stereocenters. The van der Waals surface area contributed by atoms with Crippen LogP contribution in [0.1, 0.15) is 29.8 Å². The lowest BCUT2D eigenvalue weighted by atomic mass is 10.1. The number of amidine groups is 1. The first-order chi connectivity index (χ1) is 12.3. The minimum Gasteiger partial charge on any atom is -0.451 e. The second kappa shape index (κ2) is 6.72. The van der Waals surface area contributed by atoms with Crippen LogP contribution in [0.5, 0.6) is 0 Å². The number of benzene rings is 2. The van der Waals surface area contributed by atoms with Crippen LogP contribution in [0.4, 0.5) is 5.69 Å². The number of carbonyl (C=O) groups excluding carboxylic acids is 2. The van der Waals surface area contributed by atoms with E-state index in [1.54, 1.807) is 30.3 Å². The number of rotatable bonds is 4. The highest BCUT2D eigenvalue weighted by molar-refractivity contribution is 7.90. The molecule has 0 saturated carbocycles. The minimum atomic E-state index is -3.70. The Labute approximate surface area is 150 Å². The Kier molecular flexibility index (Phi) is 4.60. The van der Waals surface area contributed by atoms with Crippen LogP contribution in [0.15, 0.2) is 57.8 Å². The number of ether oxygens (including phenoxy) is 1. The molecule has 0 fully saturated rings. The Hall–Kier alpha value is -3.00. The lowest BCUT2D eigenvalue weighted by Gasteiger charge is -2.11. The molecule has 1 aliphatic heterocycles. The summed E-state index contributed by atoms with van der Waals surface area (Å²) >= 11 is 0. The van der Waals surface area contributed by atoms with E-state index < -0.39 is 22.1 Å². The van der Waals surface area contributed by atoms with Gasteiger partial charge in [-0.25, -0.2) is 4.79 Å². The van der Waals surface area contributed by atoms with Crippen LogP contribution in [-0.4, -0.2) is 32.1 Å². The van der Waals surface area contributed by atoms with E-state index in [0.717, 1.165) is 0 Å². The third-order valence-corrected chi connectivity index (χ3v) is 5.21. The summed E-state index contributed by atoms with van der Waals surface area (Å²) < 4.78 is 32.9. The molecule has 1 aliphatic rings. The van der Waals surface area contributed by atoms with Crippen molar-refractivity contribution in [2.75, 3.05) is 5.32 Å². The first-order valence-electron chi connectivity index (χ1n) is 7.81. The summed E-state index contributed by atoms with van der Waals surface area (Å²) in [6, 6.07) is 12.8. The van der Waals surface area contributed by atoms with Crippen LogP contribution in [-0.2, 0) is 19.6 Å². The highest BCUT2D eigenvalue weighted by Gasteiger charge is 2.28. The Morgan fingerprint density at radius 1 is 1.08 bits per heavy atom. The van der Waals surface area contributed by atoms with Gasteiger partial charge < -0.3 is 10.1 Å². The molecule has 1 N–H and O–H groups in total. The first-order valence-corrected chi connectivity index (χ1v) is 9.25. The predicted molar refractivity (Wildman–Crippen MR) is 95.8 cm³/mol. The van der Waals surface area contributed by atoms with Crippen molar-refractivity contribution in [2.45, 2.75) is 24.8 Å². The van der Waals surface area contributed by atoms with Crippen molar-refractivity contribution in [3.05, 3.63) is 59.7 Å². The maximum Gasteiger partial charge on any atom is 0.338 e. The second-order valence-corrected chi connectivity index (χ2v) is 7.34. The summed E-state index contributed by atoms with van der Waals surface area (Å²) in [6.07, 6.45) is -0.810. The van der Waals surface area contributed by atoms with E-state index in [4.69, 9.17) is 4.74 Å². The average molecular weight is 372 g/mol. The minimum absolute atomic E-state index is 0.154. The maximum atomic E-state index is 12.0. The number of Topliss-reactive ketones (excluding diaryl/α,β-unsaturated/α-hetero) is 1. The first kappa shape index (κ1) is 17.8. The van der Waals surface area contributed by atoms with Gasteiger partial charge in [-0.2, -0.15) is 8.42 Å². The highest BCUT2D eigenvalue weighted by Crippen LogP contribution is 2.26. The molecule has 0 aromatic heterocycles. The Morgan fingerprint density at radius 2 is 1.73 bits per heavy atom. The number of carbonyl (C=O) groups is 2. The molecule has 0 radical (unpaired) electrons. The summed E-state index contributed by atoms with van der Waals surface area (Å²) in [5, 5.41) is 2.94. The number of nitrogens with one attached hydrogen (secondary N) is 1. The highest BCUT2D eigenvalue weighted by atomic mass is 32.2. The van der Waals surface area contributed by atoms with Gasteiger partial charge in [0, 0.05) is 11.3 Å². The molecule has 1 atom stereocenters. The van der Waals surface area contributed by atoms with Gasteiger partial charge in [0.25, 0.3) is 10.0 Å². The van der Waals surface area contributed by atoms with Gasteiger partial charge in [0.2, 0.25) is 0 Å². The number of ketones is 1. The molecule has 7 nitrogen and oxygen atoms in total. The molecule has 8 heteroatoms. The predicted octanol–water partition coefficient (Wildman–Crippen LogP) is 2.38. The van der Waals surface area contributed by atoms with Gasteiger partial charge in [-0.1, -0.05) is 12.1 Å². The molecule has 1 heterocycles. The number of hydrogen-bond acceptors (Lipinski definition) is 6. The molecule has 2 aromatic carbocycles. The van der Waals surface area contributed by atoms with Gasteiger partial charge in [-0.15, -0.1) is 4.40 Å². The van der Waals surface area contributed by atoms with Crippen LogP contribution in [0.2, 0.25) is 0 Å². The standard InChI is InChI=1S/C18H16N2O5S/c1-11(21)12(2)25-18(22)13-7-9-14(10-8-13)19-17-15-5-3-4-6-16(15)26(23,24)20-17/h3-10,12H,1-2H3,(H,19,20). The van der Waals surface area contributed by atoms with Crippen LogP contribution < -0.4 is 5.32 Å². The van der Waals surface area contributed by atoms with Crippen LogP contribution in [0.25, 0.3) is 0 Å². The van der Waals surface area contributed by atoms with Gasteiger partial charge in [0.1, 0.15) is 4.90 Å². The number of anilines is 1. The largest absolute Gasteiger partial charge is 0.451 e. The molecule has 0 spiro atoms. The maximum absolute atomic E-state index is 12.0. The van der Waals surface area contributed by atoms with Crippen LogP contribution in [0.3, 0.4) is 0 Å². The van der Waals surface area contributed by atoms with Gasteiger partial charge in [-0.05, 0) is 50.2 Å². The summed E-state index contributed by atoms with van der Waals surface area (Å²) in [5.74, 6) is -0.623. The fourth-order valence-corrected chi connectivity index (χ4v) is 3.51. The van der Waals surface area contributed by atoms with Crippen molar-refractivity contribution in [3.8, 4) is 0 Å². The van der Waals surface area contributed by atoms with Crippen LogP contribution >= 0.6 is 0 Å². The summed E-state index contributed by atoms with van der Waals surface area (Å²) in [7, 11) is -3.70. The third-order valence-electron chi connectivity index (χ3n) is 3.87. The van der Waals surface area contributed by atoms with Gasteiger partial charge in [0.15, 0.2) is 17.7 Å². The quantitative estimate of drug-likeness (QED) is 0.827. The molecule has 0 saturated heterocycles. The van der Waals surface area contributed by atoms with Crippen molar-refractivity contribution < 1.29 is 22.7 Å². The van der Waals surface area contributed by atoms with E-state index in [1.807, 2.05) is 0 Å². The van der Waals surface area contributed by atoms with E-state index >= 15 is 0 Å². The van der Waals surface area contributed by atoms with Crippen molar-refractivity contribution in [1.29, 1.82) is 0 Å². The normalized spacial score (nSPS) is 15.5. The molecule has 134 valence electrons. The Morgan fingerprint density at radius 3 is 2.38 bits per heavy atom. The number of fused-ring (bicyclic) bond motifs is 1. The second-order valence-electron chi connectivity index (χ2n) is 5.77. The van der Waals surface area contributed by atoms with Crippen molar-refractivity contribution in [2.24, 2.45) is 4.40 Å². The van der Waals surface area contributed by atoms with Gasteiger partial charge in [-0.3, -0.25) is 4.79 Å². The van der Waals surface area contributed by atoms with Crippen LogP contribution in [0, 0.1) is 0 Å². The Balaban J connectivity index is 1.77. The fraction of sp³-hybridized carbons (Fsp3) is 0.167. The number of hydrogen-bond donors (Lipinski definition) is 1. The topological polar surface area (TPSA) is 102 Å². The van der Waals surface area contributed by atoms with E-state index in [1.165, 1.54) is 32.0 Å². The van der Waals surface area contributed by atoms with E-state index in [0.29, 0.717) is 11.3 Å². The van der Waals surface area contributed by atoms with Gasteiger partial charge in [0.05, 0.1) is 5.56 Å². The third kappa shape index (κ3) is 3.50. The zero-order chi connectivity index (χ0) is 18.9. The monoisotopic (exact) mass is 372 g/mol. The average Bonchev–Trinajstić information content (AvgIpc) is 2.86. The molecular weight excluding hydrogens is 356 g/mol. The van der Waals surface area contributed by atoms with Crippen molar-refractivity contribution in [1.82, 2.24) is 0 Å². The van der Waals surface area contributed by atoms with Crippen molar-refractivity contribution in [3.63, 3.8) is 0 Å². The molecule has 0 bridgehead atoms. The van der Waals surface area contributed by atoms with E-state index in [2.05, 4.69) is 9.71 Å². The zero-order valence-electron chi connectivity index (χ0n) is 14.1. The SMILES string of the molecule is CC(=O)C(C)OC(=O)c1ccc(NC2=NS(=O)(=O)c3ccccc32)cc1. The van der Waals surface area contributed by atoms with Gasteiger partial charge >= 0.3 is 5.97 Å². The molecule has 0 aliphatic carbocycles. The zero-order valence-corrected chi connectivity index (χ0v) is 14.9. The fourth-order valence-electron chi connectivity index (χ4n) is 2.33. The Bertz CT molecular complexity index is 1010. The lowest BCUT2D eigenvalue weighted by Crippen LogP contribution is -2.21. The summed E-state index contributed by atoms with van der Waals surface area (Å²) in [6.45, 7) is 2.85. The number of esters is 1. The molecular formula is C18H16N2O5S. The lowest BCUT2D eigenvalue weighted by molar-refractivity contribution is -0.124. The molecule has 2 aromatic rings. The smallest absolute Gasteiger partial charge is 0.338 e. The number of nitrogens with zero attached hydrogens (tertiary/aromatic N) is 1. The summed E-state index contributed by atoms with van der Waals surface area (Å²) in [5.41, 5.74) is 1.34. The molecule has 26 heavy (non-hydrogen) atoms. The molecule has 3 rings (SSSR count). The number of sulfonamides is 1.